The molecule has 0 atom stereocenters. The van der Waals surface area contributed by atoms with Gasteiger partial charge in [-0.05, 0) is 6.42 Å². The molecule has 0 saturated carbocycles. The first-order valence-corrected chi connectivity index (χ1v) is 3.35. The highest BCUT2D eigenvalue weighted by molar-refractivity contribution is 5.52. The highest BCUT2D eigenvalue weighted by Gasteiger charge is 1.97. The number of aryl methyl sites for hydroxylation is 1. The second-order valence-corrected chi connectivity index (χ2v) is 2.11. The van der Waals surface area contributed by atoms with Gasteiger partial charge in [0.05, 0.1) is 0 Å². The number of aromatic nitrogens is 2. The van der Waals surface area contributed by atoms with Crippen LogP contribution >= 0.6 is 0 Å². The van der Waals surface area contributed by atoms with E-state index in [0.717, 1.165) is 25.1 Å². The molecule has 54 valence electrons. The van der Waals surface area contributed by atoms with E-state index in [1.54, 1.807) is 12.4 Å². The standard InChI is InChI=1S/C7H10N2O/c1-2-3-7-8-4-5-9(7)6-10/h4-6H,2-3H2,1H3. The van der Waals surface area contributed by atoms with Gasteiger partial charge in [-0.3, -0.25) is 9.36 Å². The third-order valence-electron chi connectivity index (χ3n) is 1.34. The lowest BCUT2D eigenvalue weighted by Gasteiger charge is -1.94. The van der Waals surface area contributed by atoms with Crippen LogP contribution in [-0.4, -0.2) is 16.0 Å². The summed E-state index contributed by atoms with van der Waals surface area (Å²) in [7, 11) is 0. The first-order valence-electron chi connectivity index (χ1n) is 3.35. The van der Waals surface area contributed by atoms with Crippen LogP contribution in [0.4, 0.5) is 0 Å². The molecule has 0 aromatic carbocycles. The predicted molar refractivity (Wildman–Crippen MR) is 38.4 cm³/mol. The van der Waals surface area contributed by atoms with Crippen molar-refractivity contribution in [3.63, 3.8) is 0 Å². The van der Waals surface area contributed by atoms with Gasteiger partial charge in [0, 0.05) is 18.8 Å². The van der Waals surface area contributed by atoms with Crippen molar-refractivity contribution in [2.75, 3.05) is 0 Å². The maximum atomic E-state index is 10.3. The van der Waals surface area contributed by atoms with E-state index in [2.05, 4.69) is 11.9 Å². The van der Waals surface area contributed by atoms with Gasteiger partial charge in [-0.15, -0.1) is 0 Å². The minimum absolute atomic E-state index is 0.776. The molecule has 3 nitrogen and oxygen atoms in total. The van der Waals surface area contributed by atoms with Gasteiger partial charge in [-0.25, -0.2) is 4.98 Å². The van der Waals surface area contributed by atoms with Crippen LogP contribution in [-0.2, 0) is 11.2 Å². The Bertz CT molecular complexity index is 217. The van der Waals surface area contributed by atoms with E-state index in [1.165, 1.54) is 4.57 Å². The molecule has 0 spiro atoms. The average molecular weight is 138 g/mol. The number of carbonyl (C=O) groups excluding carboxylic acids is 1. The van der Waals surface area contributed by atoms with Crippen molar-refractivity contribution in [1.82, 2.24) is 9.55 Å². The Labute approximate surface area is 59.7 Å². The molecule has 0 amide bonds. The van der Waals surface area contributed by atoms with Crippen molar-refractivity contribution in [2.45, 2.75) is 19.8 Å². The molecule has 1 heterocycles. The molecule has 0 aliphatic carbocycles. The molecule has 0 unspecified atom stereocenters. The minimum atomic E-state index is 0.776. The lowest BCUT2D eigenvalue weighted by atomic mass is 10.3. The van der Waals surface area contributed by atoms with E-state index in [0.29, 0.717) is 0 Å². The Hall–Kier alpha value is -1.12. The fourth-order valence-corrected chi connectivity index (χ4v) is 0.857. The third kappa shape index (κ3) is 1.23. The van der Waals surface area contributed by atoms with Crippen LogP contribution in [0.15, 0.2) is 12.4 Å². The Kier molecular flexibility index (Phi) is 2.20. The lowest BCUT2D eigenvalue weighted by Crippen LogP contribution is -1.99. The second-order valence-electron chi connectivity index (χ2n) is 2.11. The predicted octanol–water partition coefficient (Wildman–Crippen LogP) is 0.874. The molecule has 0 fully saturated rings. The summed E-state index contributed by atoms with van der Waals surface area (Å²) in [5.74, 6) is 0.845. The summed E-state index contributed by atoms with van der Waals surface area (Å²) in [4.78, 5) is 14.3. The van der Waals surface area contributed by atoms with E-state index in [4.69, 9.17) is 0 Å². The van der Waals surface area contributed by atoms with E-state index < -0.39 is 0 Å². The molecule has 0 bridgehead atoms. The first-order chi connectivity index (χ1) is 4.88. The zero-order valence-electron chi connectivity index (χ0n) is 5.95. The van der Waals surface area contributed by atoms with Gasteiger partial charge in [-0.2, -0.15) is 0 Å². The highest BCUT2D eigenvalue weighted by atomic mass is 16.1. The Balaban J connectivity index is 2.79. The van der Waals surface area contributed by atoms with Crippen LogP contribution in [0.25, 0.3) is 0 Å². The van der Waals surface area contributed by atoms with E-state index in [9.17, 15) is 4.79 Å². The second kappa shape index (κ2) is 3.15. The van der Waals surface area contributed by atoms with Gasteiger partial charge in [-0.1, -0.05) is 6.92 Å². The quantitative estimate of drug-likeness (QED) is 0.581. The van der Waals surface area contributed by atoms with E-state index >= 15 is 0 Å². The van der Waals surface area contributed by atoms with Crippen molar-refractivity contribution in [2.24, 2.45) is 0 Å². The highest BCUT2D eigenvalue weighted by Crippen LogP contribution is 1.97. The normalized spacial score (nSPS) is 9.70. The summed E-state index contributed by atoms with van der Waals surface area (Å²) < 4.78 is 1.50. The Morgan fingerprint density at radius 3 is 3.20 bits per heavy atom. The van der Waals surface area contributed by atoms with E-state index in [1.807, 2.05) is 0 Å². The van der Waals surface area contributed by atoms with Crippen LogP contribution in [0.2, 0.25) is 0 Å². The van der Waals surface area contributed by atoms with Gasteiger partial charge < -0.3 is 0 Å². The van der Waals surface area contributed by atoms with Crippen molar-refractivity contribution in [3.8, 4) is 0 Å². The van der Waals surface area contributed by atoms with E-state index in [-0.39, 0.29) is 0 Å². The molecular weight excluding hydrogens is 128 g/mol. The Morgan fingerprint density at radius 1 is 1.80 bits per heavy atom. The molecule has 3 heteroatoms. The van der Waals surface area contributed by atoms with Crippen molar-refractivity contribution < 1.29 is 4.79 Å². The van der Waals surface area contributed by atoms with Gasteiger partial charge in [0.1, 0.15) is 5.82 Å². The number of nitrogens with zero attached hydrogens (tertiary/aromatic N) is 2. The van der Waals surface area contributed by atoms with Crippen LogP contribution in [0.5, 0.6) is 0 Å². The van der Waals surface area contributed by atoms with Gasteiger partial charge in [0.25, 0.3) is 0 Å². The summed E-state index contributed by atoms with van der Waals surface area (Å²) in [6.07, 6.45) is 5.96. The molecule has 1 aromatic heterocycles. The van der Waals surface area contributed by atoms with Gasteiger partial charge >= 0.3 is 0 Å². The van der Waals surface area contributed by atoms with Crippen molar-refractivity contribution in [1.29, 1.82) is 0 Å². The fourth-order valence-electron chi connectivity index (χ4n) is 0.857. The SMILES string of the molecule is CCCc1nccn1C=O. The summed E-state index contributed by atoms with van der Waals surface area (Å²) in [5, 5.41) is 0. The molecule has 1 rings (SSSR count). The molecular formula is C7H10N2O. The minimum Gasteiger partial charge on any atom is -0.278 e. The summed E-state index contributed by atoms with van der Waals surface area (Å²) in [5.41, 5.74) is 0. The lowest BCUT2D eigenvalue weighted by molar-refractivity contribution is 0.544. The summed E-state index contributed by atoms with van der Waals surface area (Å²) >= 11 is 0. The van der Waals surface area contributed by atoms with Crippen molar-refractivity contribution >= 4 is 6.41 Å². The summed E-state index contributed by atoms with van der Waals surface area (Å²) in [6, 6.07) is 0. The van der Waals surface area contributed by atoms with Gasteiger partial charge in [0.15, 0.2) is 0 Å². The number of rotatable bonds is 3. The van der Waals surface area contributed by atoms with Crippen molar-refractivity contribution in [3.05, 3.63) is 18.2 Å². The first kappa shape index (κ1) is 6.99. The number of hydrogen-bond acceptors (Lipinski definition) is 2. The molecule has 1 aromatic rings. The summed E-state index contributed by atoms with van der Waals surface area (Å²) in [6.45, 7) is 2.06. The average Bonchev–Trinajstić information content (AvgIpc) is 2.36. The number of imidazole rings is 1. The molecule has 0 aliphatic heterocycles. The largest absolute Gasteiger partial charge is 0.278 e. The zero-order valence-corrected chi connectivity index (χ0v) is 5.95. The Morgan fingerprint density at radius 2 is 2.60 bits per heavy atom. The number of carbonyl (C=O) groups is 1. The van der Waals surface area contributed by atoms with Gasteiger partial charge in [0.2, 0.25) is 6.41 Å². The van der Waals surface area contributed by atoms with Crippen LogP contribution in [0.3, 0.4) is 0 Å². The monoisotopic (exact) mass is 138 g/mol. The smallest absolute Gasteiger partial charge is 0.219 e. The maximum absolute atomic E-state index is 10.3. The molecule has 0 N–H and O–H groups in total. The molecule has 0 radical (unpaired) electrons. The topological polar surface area (TPSA) is 34.9 Å². The number of hydrogen-bond donors (Lipinski definition) is 0. The van der Waals surface area contributed by atoms with Crippen LogP contribution in [0, 0.1) is 0 Å². The third-order valence-corrected chi connectivity index (χ3v) is 1.34. The fraction of sp³-hybridized carbons (Fsp3) is 0.429. The molecule has 0 aliphatic rings. The zero-order chi connectivity index (χ0) is 7.40. The van der Waals surface area contributed by atoms with Crippen LogP contribution in [0.1, 0.15) is 19.2 Å². The molecule has 10 heavy (non-hydrogen) atoms. The molecule has 0 saturated heterocycles. The maximum Gasteiger partial charge on any atom is 0.219 e. The van der Waals surface area contributed by atoms with Crippen LogP contribution < -0.4 is 0 Å².